The lowest BCUT2D eigenvalue weighted by atomic mass is 10.2. The van der Waals surface area contributed by atoms with Gasteiger partial charge in [0.1, 0.15) is 5.75 Å². The second-order valence-corrected chi connectivity index (χ2v) is 8.45. The van der Waals surface area contributed by atoms with Crippen LogP contribution in [0.3, 0.4) is 0 Å². The third-order valence-corrected chi connectivity index (χ3v) is 6.30. The third-order valence-electron chi connectivity index (χ3n) is 5.25. The number of aliphatic imine (C=N–C) groups is 1. The normalized spacial score (nSPS) is 17.6. The Morgan fingerprint density at radius 1 is 1.09 bits per heavy atom. The molecule has 166 valence electrons. The average molecular weight is 453 g/mol. The molecule has 2 aliphatic rings. The fraction of sp³-hybridized carbons (Fsp3) is 0.304. The number of non-ortho nitro benzene ring substituents is 1. The molecule has 2 aromatic carbocycles. The number of thioether (sulfide) groups is 1. The first-order valence-electron chi connectivity index (χ1n) is 10.5. The van der Waals surface area contributed by atoms with Crippen molar-refractivity contribution in [2.24, 2.45) is 4.99 Å². The highest BCUT2D eigenvalue weighted by Crippen LogP contribution is 2.33. The summed E-state index contributed by atoms with van der Waals surface area (Å²) in [5, 5.41) is 11.6. The zero-order valence-corrected chi connectivity index (χ0v) is 18.6. The van der Waals surface area contributed by atoms with E-state index in [1.54, 1.807) is 12.1 Å². The van der Waals surface area contributed by atoms with Gasteiger partial charge in [0.05, 0.1) is 16.4 Å². The number of anilines is 1. The van der Waals surface area contributed by atoms with Crippen LogP contribution in [0.15, 0.2) is 58.4 Å². The van der Waals surface area contributed by atoms with Gasteiger partial charge in [-0.25, -0.2) is 0 Å². The zero-order chi connectivity index (χ0) is 22.5. The van der Waals surface area contributed by atoms with Crippen LogP contribution in [0.25, 0.3) is 6.08 Å². The Labute approximate surface area is 190 Å². The summed E-state index contributed by atoms with van der Waals surface area (Å²) in [5.74, 6) is 0.536. The molecule has 0 N–H and O–H groups in total. The number of nitro groups is 1. The number of para-hydroxylation sites is 1. The summed E-state index contributed by atoms with van der Waals surface area (Å²) in [6.07, 6.45) is 2.76. The second-order valence-electron chi connectivity index (χ2n) is 7.44. The van der Waals surface area contributed by atoms with E-state index in [2.05, 4.69) is 21.7 Å². The SMILES string of the molecule is CCCOc1ccccc1/C=C1\SC(N2CCN(c3ccc([N+](=O)[O-])cc3)CC2)=NC1=O. The van der Waals surface area contributed by atoms with Gasteiger partial charge in [-0.05, 0) is 42.5 Å². The highest BCUT2D eigenvalue weighted by molar-refractivity contribution is 8.18. The van der Waals surface area contributed by atoms with Crippen LogP contribution in [-0.4, -0.2) is 53.7 Å². The van der Waals surface area contributed by atoms with Gasteiger partial charge < -0.3 is 14.5 Å². The van der Waals surface area contributed by atoms with Crippen molar-refractivity contribution >= 4 is 40.3 Å². The van der Waals surface area contributed by atoms with Crippen molar-refractivity contribution in [3.8, 4) is 5.75 Å². The van der Waals surface area contributed by atoms with E-state index in [-0.39, 0.29) is 11.6 Å². The average Bonchev–Trinajstić information content (AvgIpc) is 3.19. The molecular weight excluding hydrogens is 428 g/mol. The number of hydrogen-bond donors (Lipinski definition) is 0. The van der Waals surface area contributed by atoms with Gasteiger partial charge >= 0.3 is 0 Å². The lowest BCUT2D eigenvalue weighted by molar-refractivity contribution is -0.384. The minimum absolute atomic E-state index is 0.0867. The van der Waals surface area contributed by atoms with Crippen molar-refractivity contribution in [2.45, 2.75) is 13.3 Å². The summed E-state index contributed by atoms with van der Waals surface area (Å²) in [6.45, 7) is 5.62. The van der Waals surface area contributed by atoms with Gasteiger partial charge in [-0.3, -0.25) is 14.9 Å². The smallest absolute Gasteiger partial charge is 0.286 e. The van der Waals surface area contributed by atoms with E-state index >= 15 is 0 Å². The van der Waals surface area contributed by atoms with Crippen molar-refractivity contribution in [1.29, 1.82) is 0 Å². The summed E-state index contributed by atoms with van der Waals surface area (Å²) in [5.41, 5.74) is 1.91. The number of rotatable bonds is 6. The molecule has 1 saturated heterocycles. The first-order chi connectivity index (χ1) is 15.5. The largest absolute Gasteiger partial charge is 0.493 e. The van der Waals surface area contributed by atoms with Gasteiger partial charge in [0.25, 0.3) is 11.6 Å². The number of benzene rings is 2. The summed E-state index contributed by atoms with van der Waals surface area (Å²) in [6, 6.07) is 14.3. The number of carbonyl (C=O) groups is 1. The number of amides is 1. The Hall–Kier alpha value is -3.33. The first kappa shape index (κ1) is 21.9. The van der Waals surface area contributed by atoms with E-state index in [0.29, 0.717) is 11.5 Å². The summed E-state index contributed by atoms with van der Waals surface area (Å²) >= 11 is 1.39. The van der Waals surface area contributed by atoms with Gasteiger partial charge in [-0.1, -0.05) is 25.1 Å². The molecule has 2 aliphatic heterocycles. The van der Waals surface area contributed by atoms with E-state index in [1.165, 1.54) is 23.9 Å². The van der Waals surface area contributed by atoms with Crippen molar-refractivity contribution in [1.82, 2.24) is 4.90 Å². The third kappa shape index (κ3) is 4.94. The van der Waals surface area contributed by atoms with Crippen molar-refractivity contribution < 1.29 is 14.5 Å². The lowest BCUT2D eigenvalue weighted by Gasteiger charge is -2.36. The van der Waals surface area contributed by atoms with Crippen LogP contribution >= 0.6 is 11.8 Å². The van der Waals surface area contributed by atoms with Crippen molar-refractivity contribution in [3.05, 3.63) is 69.1 Å². The van der Waals surface area contributed by atoms with E-state index < -0.39 is 4.92 Å². The number of amidine groups is 1. The Bertz CT molecular complexity index is 1060. The predicted molar refractivity (Wildman–Crippen MR) is 127 cm³/mol. The number of piperazine rings is 1. The Kier molecular flexibility index (Phi) is 6.75. The van der Waals surface area contributed by atoms with Crippen LogP contribution in [0.5, 0.6) is 5.75 Å². The van der Waals surface area contributed by atoms with E-state index in [9.17, 15) is 14.9 Å². The monoisotopic (exact) mass is 452 g/mol. The van der Waals surface area contributed by atoms with Crippen LogP contribution in [0.4, 0.5) is 11.4 Å². The molecule has 0 aliphatic carbocycles. The fourth-order valence-corrected chi connectivity index (χ4v) is 4.51. The molecule has 0 atom stereocenters. The van der Waals surface area contributed by atoms with Crippen molar-refractivity contribution in [2.75, 3.05) is 37.7 Å². The number of nitrogens with zero attached hydrogens (tertiary/aromatic N) is 4. The summed E-state index contributed by atoms with van der Waals surface area (Å²) in [4.78, 5) is 32.1. The lowest BCUT2D eigenvalue weighted by Crippen LogP contribution is -2.47. The van der Waals surface area contributed by atoms with Crippen LogP contribution in [-0.2, 0) is 4.79 Å². The van der Waals surface area contributed by atoms with Gasteiger partial charge in [-0.2, -0.15) is 4.99 Å². The maximum Gasteiger partial charge on any atom is 0.286 e. The Balaban J connectivity index is 1.38. The summed E-state index contributed by atoms with van der Waals surface area (Å²) < 4.78 is 5.79. The molecular formula is C23H24N4O4S. The first-order valence-corrected chi connectivity index (χ1v) is 11.4. The molecule has 9 heteroatoms. The van der Waals surface area contributed by atoms with Gasteiger partial charge in [0.2, 0.25) is 0 Å². The quantitative estimate of drug-likeness (QED) is 0.369. The molecule has 0 bridgehead atoms. The molecule has 2 aromatic rings. The molecule has 32 heavy (non-hydrogen) atoms. The number of ether oxygens (including phenoxy) is 1. The molecule has 8 nitrogen and oxygen atoms in total. The molecule has 1 amide bonds. The number of hydrogen-bond acceptors (Lipinski definition) is 7. The van der Waals surface area contributed by atoms with Gasteiger partial charge in [-0.15, -0.1) is 0 Å². The number of nitro benzene ring substituents is 1. The standard InChI is InChI=1S/C23H24N4O4S/c1-2-15-31-20-6-4-3-5-17(20)16-21-22(28)24-23(32-21)26-13-11-25(12-14-26)18-7-9-19(10-8-18)27(29)30/h3-10,16H,2,11-15H2,1H3/b21-16-. The van der Waals surface area contributed by atoms with Crippen LogP contribution < -0.4 is 9.64 Å². The van der Waals surface area contributed by atoms with E-state index in [4.69, 9.17) is 4.74 Å². The molecule has 1 fully saturated rings. The van der Waals surface area contributed by atoms with Gasteiger partial charge in [0.15, 0.2) is 5.17 Å². The van der Waals surface area contributed by atoms with Crippen LogP contribution in [0.1, 0.15) is 18.9 Å². The Morgan fingerprint density at radius 2 is 1.78 bits per heavy atom. The van der Waals surface area contributed by atoms with E-state index in [1.807, 2.05) is 30.3 Å². The van der Waals surface area contributed by atoms with E-state index in [0.717, 1.165) is 54.8 Å². The fourth-order valence-electron chi connectivity index (χ4n) is 3.56. The maximum absolute atomic E-state index is 12.5. The van der Waals surface area contributed by atoms with Crippen molar-refractivity contribution in [3.63, 3.8) is 0 Å². The molecule has 0 aromatic heterocycles. The molecule has 0 saturated carbocycles. The second kappa shape index (κ2) is 9.86. The highest BCUT2D eigenvalue weighted by atomic mass is 32.2. The molecule has 0 spiro atoms. The predicted octanol–water partition coefficient (Wildman–Crippen LogP) is 4.18. The van der Waals surface area contributed by atoms with Gasteiger partial charge in [0, 0.05) is 49.6 Å². The maximum atomic E-state index is 12.5. The topological polar surface area (TPSA) is 88.3 Å². The molecule has 2 heterocycles. The highest BCUT2D eigenvalue weighted by Gasteiger charge is 2.29. The Morgan fingerprint density at radius 3 is 2.47 bits per heavy atom. The number of carbonyl (C=O) groups excluding carboxylic acids is 1. The molecule has 0 unspecified atom stereocenters. The summed E-state index contributed by atoms with van der Waals surface area (Å²) in [7, 11) is 0. The van der Waals surface area contributed by atoms with Crippen LogP contribution in [0.2, 0.25) is 0 Å². The zero-order valence-electron chi connectivity index (χ0n) is 17.8. The molecule has 4 rings (SSSR count). The minimum atomic E-state index is -0.395. The molecule has 0 radical (unpaired) electrons. The minimum Gasteiger partial charge on any atom is -0.493 e. The van der Waals surface area contributed by atoms with Crippen LogP contribution in [0, 0.1) is 10.1 Å².